The number of Topliss-reactive ketones (excluding diaryl/α,β-unsaturated/α-hetero) is 1. The van der Waals surface area contributed by atoms with Crippen molar-refractivity contribution < 1.29 is 4.79 Å². The molecule has 0 atom stereocenters. The van der Waals surface area contributed by atoms with Crippen LogP contribution in [0.5, 0.6) is 0 Å². The summed E-state index contributed by atoms with van der Waals surface area (Å²) in [5, 5.41) is 0. The van der Waals surface area contributed by atoms with Gasteiger partial charge in [0, 0.05) is 44.4 Å². The predicted octanol–water partition coefficient (Wildman–Crippen LogP) is 3.05. The van der Waals surface area contributed by atoms with Crippen molar-refractivity contribution >= 4 is 5.78 Å². The summed E-state index contributed by atoms with van der Waals surface area (Å²) in [6.07, 6.45) is 4.22. The maximum absolute atomic E-state index is 11.5. The van der Waals surface area contributed by atoms with Gasteiger partial charge in [0.15, 0.2) is 0 Å². The number of piperazine rings is 1. The molecule has 22 heavy (non-hydrogen) atoms. The maximum atomic E-state index is 11.5. The van der Waals surface area contributed by atoms with Crippen molar-refractivity contribution in [3.8, 4) is 11.8 Å². The van der Waals surface area contributed by atoms with Crippen molar-refractivity contribution in [3.05, 3.63) is 0 Å². The summed E-state index contributed by atoms with van der Waals surface area (Å²) < 4.78 is 0. The van der Waals surface area contributed by atoms with Gasteiger partial charge in [0.05, 0.1) is 6.54 Å². The summed E-state index contributed by atoms with van der Waals surface area (Å²) in [7, 11) is 0. The Morgan fingerprint density at radius 3 is 2.18 bits per heavy atom. The molecule has 1 fully saturated rings. The first kappa shape index (κ1) is 19.2. The molecular weight excluding hydrogens is 272 g/mol. The molecule has 1 rings (SSSR count). The zero-order chi connectivity index (χ0) is 16.4. The topological polar surface area (TPSA) is 23.6 Å². The van der Waals surface area contributed by atoms with Crippen molar-refractivity contribution in [1.82, 2.24) is 9.80 Å². The van der Waals surface area contributed by atoms with Crippen LogP contribution in [-0.4, -0.2) is 54.9 Å². The summed E-state index contributed by atoms with van der Waals surface area (Å²) in [6.45, 7) is 15.0. The quantitative estimate of drug-likeness (QED) is 0.509. The molecule has 0 amide bonds. The van der Waals surface area contributed by atoms with Crippen LogP contribution in [0.3, 0.4) is 0 Å². The third-order valence-corrected chi connectivity index (χ3v) is 4.20. The molecule has 1 saturated heterocycles. The highest BCUT2D eigenvalue weighted by Gasteiger charge is 2.15. The second-order valence-corrected chi connectivity index (χ2v) is 7.03. The molecule has 0 aromatic rings. The van der Waals surface area contributed by atoms with E-state index in [1.807, 2.05) is 13.8 Å². The van der Waals surface area contributed by atoms with E-state index < -0.39 is 0 Å². The average Bonchev–Trinajstić information content (AvgIpc) is 2.47. The number of unbranched alkanes of at least 4 members (excludes halogenated alkanes) is 2. The zero-order valence-corrected chi connectivity index (χ0v) is 15.0. The molecule has 0 unspecified atom stereocenters. The lowest BCUT2D eigenvalue weighted by Crippen LogP contribution is -2.46. The first-order valence-electron chi connectivity index (χ1n) is 8.95. The smallest absolute Gasteiger partial charge is 0.135 e. The predicted molar refractivity (Wildman–Crippen MR) is 93.8 cm³/mol. The minimum absolute atomic E-state index is 0.201. The highest BCUT2D eigenvalue weighted by molar-refractivity contribution is 5.80. The Balaban J connectivity index is 2.04. The Kier molecular flexibility index (Phi) is 9.43. The van der Waals surface area contributed by atoms with Gasteiger partial charge < -0.3 is 4.90 Å². The molecule has 0 aliphatic carbocycles. The molecular formula is C19H34N2O. The lowest BCUT2D eigenvalue weighted by molar-refractivity contribution is -0.122. The summed E-state index contributed by atoms with van der Waals surface area (Å²) >= 11 is 0. The van der Waals surface area contributed by atoms with E-state index in [0.717, 1.165) is 45.6 Å². The molecule has 1 aliphatic rings. The highest BCUT2D eigenvalue weighted by Crippen LogP contribution is 2.08. The van der Waals surface area contributed by atoms with Crippen molar-refractivity contribution in [2.24, 2.45) is 11.8 Å². The van der Waals surface area contributed by atoms with Crippen LogP contribution in [-0.2, 0) is 4.79 Å². The molecule has 1 aliphatic heterocycles. The third-order valence-electron chi connectivity index (χ3n) is 4.20. The second-order valence-electron chi connectivity index (χ2n) is 7.03. The molecule has 1 heterocycles. The number of rotatable bonds is 8. The number of carbonyl (C=O) groups is 1. The Morgan fingerprint density at radius 2 is 1.59 bits per heavy atom. The van der Waals surface area contributed by atoms with Gasteiger partial charge in [-0.25, -0.2) is 0 Å². The Labute approximate surface area is 137 Å². The minimum atomic E-state index is 0.201. The molecule has 0 N–H and O–H groups in total. The van der Waals surface area contributed by atoms with Crippen LogP contribution in [0.2, 0.25) is 0 Å². The Morgan fingerprint density at radius 1 is 0.955 bits per heavy atom. The third kappa shape index (κ3) is 8.56. The van der Waals surface area contributed by atoms with Crippen LogP contribution >= 0.6 is 0 Å². The van der Waals surface area contributed by atoms with Crippen molar-refractivity contribution in [3.63, 3.8) is 0 Å². The normalized spacial score (nSPS) is 16.8. The number of hydrogen-bond donors (Lipinski definition) is 0. The van der Waals surface area contributed by atoms with Crippen LogP contribution in [0.1, 0.15) is 53.4 Å². The number of ketones is 1. The summed E-state index contributed by atoms with van der Waals surface area (Å²) in [6, 6.07) is 0. The standard InChI is InChI=1S/C19H34N2O/c1-17(2)9-8-12-21-15-13-20(14-16-21)11-7-5-6-10-19(22)18(3)4/h17-18H,5-7,10-16H2,1-4H3. The number of nitrogens with zero attached hydrogens (tertiary/aromatic N) is 2. The van der Waals surface area contributed by atoms with Crippen LogP contribution < -0.4 is 0 Å². The van der Waals surface area contributed by atoms with E-state index >= 15 is 0 Å². The summed E-state index contributed by atoms with van der Waals surface area (Å²) in [5.41, 5.74) is 0. The fourth-order valence-electron chi connectivity index (χ4n) is 2.63. The number of hydrogen-bond acceptors (Lipinski definition) is 3. The van der Waals surface area contributed by atoms with Crippen LogP contribution in [0.25, 0.3) is 0 Å². The molecule has 0 bridgehead atoms. The van der Waals surface area contributed by atoms with Crippen molar-refractivity contribution in [2.75, 3.05) is 39.3 Å². The zero-order valence-electron chi connectivity index (χ0n) is 15.0. The fraction of sp³-hybridized carbons (Fsp3) is 0.842. The lowest BCUT2D eigenvalue weighted by atomic mass is 10.0. The second kappa shape index (κ2) is 10.8. The monoisotopic (exact) mass is 306 g/mol. The van der Waals surface area contributed by atoms with Gasteiger partial charge in [0.25, 0.3) is 0 Å². The van der Waals surface area contributed by atoms with Crippen LogP contribution in [0.4, 0.5) is 0 Å². The lowest BCUT2D eigenvalue weighted by Gasteiger charge is -2.33. The number of carbonyl (C=O) groups excluding carboxylic acids is 1. The van der Waals surface area contributed by atoms with Gasteiger partial charge in [-0.15, -0.1) is 0 Å². The first-order valence-corrected chi connectivity index (χ1v) is 8.95. The average molecular weight is 306 g/mol. The van der Waals surface area contributed by atoms with E-state index in [1.165, 1.54) is 19.4 Å². The molecule has 0 aromatic heterocycles. The van der Waals surface area contributed by atoms with Gasteiger partial charge in [-0.1, -0.05) is 46.0 Å². The SMILES string of the molecule is CC(C)C#CCN1CCN(CCCCCC(=O)C(C)C)CC1. The van der Waals surface area contributed by atoms with Gasteiger partial charge in [-0.3, -0.25) is 9.69 Å². The van der Waals surface area contributed by atoms with Crippen LogP contribution in [0, 0.1) is 23.7 Å². The van der Waals surface area contributed by atoms with E-state index in [1.54, 1.807) is 0 Å². The summed E-state index contributed by atoms with van der Waals surface area (Å²) in [5.74, 6) is 7.60. The molecule has 0 saturated carbocycles. The molecule has 126 valence electrons. The molecule has 0 aromatic carbocycles. The van der Waals surface area contributed by atoms with E-state index in [9.17, 15) is 4.79 Å². The minimum Gasteiger partial charge on any atom is -0.301 e. The maximum Gasteiger partial charge on any atom is 0.135 e. The summed E-state index contributed by atoms with van der Waals surface area (Å²) in [4.78, 5) is 16.5. The highest BCUT2D eigenvalue weighted by atomic mass is 16.1. The van der Waals surface area contributed by atoms with Gasteiger partial charge in [-0.2, -0.15) is 0 Å². The van der Waals surface area contributed by atoms with Crippen molar-refractivity contribution in [1.29, 1.82) is 0 Å². The Hall–Kier alpha value is -0.850. The molecule has 0 spiro atoms. The van der Waals surface area contributed by atoms with E-state index in [-0.39, 0.29) is 5.92 Å². The first-order chi connectivity index (χ1) is 10.5. The van der Waals surface area contributed by atoms with E-state index in [2.05, 4.69) is 35.5 Å². The van der Waals surface area contributed by atoms with Gasteiger partial charge in [0.2, 0.25) is 0 Å². The van der Waals surface area contributed by atoms with Gasteiger partial charge in [-0.05, 0) is 19.4 Å². The largest absolute Gasteiger partial charge is 0.301 e. The van der Waals surface area contributed by atoms with E-state index in [0.29, 0.717) is 11.7 Å². The molecule has 3 nitrogen and oxygen atoms in total. The van der Waals surface area contributed by atoms with Crippen LogP contribution in [0.15, 0.2) is 0 Å². The molecule has 3 heteroatoms. The van der Waals surface area contributed by atoms with Gasteiger partial charge in [0.1, 0.15) is 5.78 Å². The fourth-order valence-corrected chi connectivity index (χ4v) is 2.63. The van der Waals surface area contributed by atoms with Crippen molar-refractivity contribution in [2.45, 2.75) is 53.4 Å². The molecule has 0 radical (unpaired) electrons. The van der Waals surface area contributed by atoms with Gasteiger partial charge >= 0.3 is 0 Å². The Bertz CT molecular complexity index is 371. The van der Waals surface area contributed by atoms with E-state index in [4.69, 9.17) is 0 Å².